The van der Waals surface area contributed by atoms with Crippen LogP contribution in [0.3, 0.4) is 0 Å². The molecule has 0 atom stereocenters. The molecular weight excluding hydrogens is 280 g/mol. The molecule has 0 saturated carbocycles. The summed E-state index contributed by atoms with van der Waals surface area (Å²) in [7, 11) is 5.05. The van der Waals surface area contributed by atoms with Crippen molar-refractivity contribution in [1.82, 2.24) is 10.2 Å². The standard InChI is InChI=1S/C14H22N2O3.ClH/c1-16(14(17)10-15-8-9-18-2)11-12-6-4-5-7-13(12)19-3;/h4-7,15H,8-11H2,1-3H3;1H. The minimum absolute atomic E-state index is 0. The second-order valence-electron chi connectivity index (χ2n) is 4.23. The van der Waals surface area contributed by atoms with Crippen LogP contribution in [-0.4, -0.2) is 51.8 Å². The van der Waals surface area contributed by atoms with Crippen LogP contribution in [0, 0.1) is 0 Å². The Morgan fingerprint density at radius 1 is 1.30 bits per heavy atom. The van der Waals surface area contributed by atoms with Crippen LogP contribution in [0.2, 0.25) is 0 Å². The van der Waals surface area contributed by atoms with Gasteiger partial charge in [-0.3, -0.25) is 4.79 Å². The molecule has 1 aromatic rings. The predicted molar refractivity (Wildman–Crippen MR) is 81.5 cm³/mol. The molecule has 0 fully saturated rings. The second kappa shape index (κ2) is 10.5. The van der Waals surface area contributed by atoms with Gasteiger partial charge in [-0.2, -0.15) is 0 Å². The van der Waals surface area contributed by atoms with E-state index in [1.165, 1.54) is 0 Å². The first kappa shape index (κ1) is 18.7. The number of ether oxygens (including phenoxy) is 2. The third-order valence-corrected chi connectivity index (χ3v) is 2.78. The summed E-state index contributed by atoms with van der Waals surface area (Å²) in [5.41, 5.74) is 0.998. The molecule has 0 saturated heterocycles. The molecule has 0 aromatic heterocycles. The number of para-hydroxylation sites is 1. The van der Waals surface area contributed by atoms with Crippen molar-refractivity contribution in [2.45, 2.75) is 6.54 Å². The van der Waals surface area contributed by atoms with Crippen molar-refractivity contribution in [3.05, 3.63) is 29.8 Å². The molecule has 0 bridgehead atoms. The average molecular weight is 303 g/mol. The Morgan fingerprint density at radius 2 is 2.00 bits per heavy atom. The topological polar surface area (TPSA) is 50.8 Å². The molecule has 20 heavy (non-hydrogen) atoms. The highest BCUT2D eigenvalue weighted by molar-refractivity contribution is 5.85. The zero-order valence-corrected chi connectivity index (χ0v) is 13.0. The number of amides is 1. The number of halogens is 1. The molecule has 6 heteroatoms. The lowest BCUT2D eigenvalue weighted by Crippen LogP contribution is -2.36. The summed E-state index contributed by atoms with van der Waals surface area (Å²) < 4.78 is 10.2. The lowest BCUT2D eigenvalue weighted by Gasteiger charge is -2.19. The summed E-state index contributed by atoms with van der Waals surface area (Å²) in [6.07, 6.45) is 0. The fourth-order valence-electron chi connectivity index (χ4n) is 1.68. The Hall–Kier alpha value is -1.30. The monoisotopic (exact) mass is 302 g/mol. The number of benzene rings is 1. The molecule has 1 amide bonds. The van der Waals surface area contributed by atoms with Crippen LogP contribution in [0.5, 0.6) is 5.75 Å². The van der Waals surface area contributed by atoms with E-state index in [-0.39, 0.29) is 18.3 Å². The minimum atomic E-state index is 0. The van der Waals surface area contributed by atoms with E-state index < -0.39 is 0 Å². The Labute approximate surface area is 126 Å². The molecule has 0 unspecified atom stereocenters. The SMILES string of the molecule is COCCNCC(=O)N(C)Cc1ccccc1OC.Cl. The molecule has 1 N–H and O–H groups in total. The molecule has 0 aliphatic carbocycles. The third-order valence-electron chi connectivity index (χ3n) is 2.78. The summed E-state index contributed by atoms with van der Waals surface area (Å²) in [4.78, 5) is 13.6. The van der Waals surface area contributed by atoms with E-state index in [9.17, 15) is 4.79 Å². The van der Waals surface area contributed by atoms with Gasteiger partial charge < -0.3 is 19.7 Å². The van der Waals surface area contributed by atoms with Gasteiger partial charge in [0.05, 0.1) is 20.3 Å². The molecule has 1 aromatic carbocycles. The van der Waals surface area contributed by atoms with Gasteiger partial charge in [-0.05, 0) is 6.07 Å². The highest BCUT2D eigenvalue weighted by Gasteiger charge is 2.11. The number of hydrogen-bond donors (Lipinski definition) is 1. The van der Waals surface area contributed by atoms with E-state index in [1.807, 2.05) is 24.3 Å². The van der Waals surface area contributed by atoms with Crippen molar-refractivity contribution in [1.29, 1.82) is 0 Å². The summed E-state index contributed by atoms with van der Waals surface area (Å²) in [5, 5.41) is 3.03. The van der Waals surface area contributed by atoms with Crippen LogP contribution >= 0.6 is 12.4 Å². The number of carbonyl (C=O) groups is 1. The van der Waals surface area contributed by atoms with Crippen LogP contribution in [0.4, 0.5) is 0 Å². The first-order valence-corrected chi connectivity index (χ1v) is 6.24. The summed E-state index contributed by atoms with van der Waals surface area (Å²) >= 11 is 0. The second-order valence-corrected chi connectivity index (χ2v) is 4.23. The van der Waals surface area contributed by atoms with E-state index in [0.717, 1.165) is 11.3 Å². The Bertz CT molecular complexity index is 402. The maximum Gasteiger partial charge on any atom is 0.236 e. The van der Waals surface area contributed by atoms with Gasteiger partial charge in [0.1, 0.15) is 5.75 Å². The minimum Gasteiger partial charge on any atom is -0.496 e. The average Bonchev–Trinajstić information content (AvgIpc) is 2.44. The first-order valence-electron chi connectivity index (χ1n) is 6.24. The van der Waals surface area contributed by atoms with Crippen LogP contribution in [0.1, 0.15) is 5.56 Å². The molecule has 0 heterocycles. The van der Waals surface area contributed by atoms with Crippen LogP contribution in [0.25, 0.3) is 0 Å². The number of rotatable bonds is 8. The van der Waals surface area contributed by atoms with E-state index in [2.05, 4.69) is 5.32 Å². The van der Waals surface area contributed by atoms with Crippen molar-refractivity contribution in [2.75, 3.05) is 41.0 Å². The number of nitrogens with one attached hydrogen (secondary N) is 1. The van der Waals surface area contributed by atoms with Crippen LogP contribution in [-0.2, 0) is 16.1 Å². The van der Waals surface area contributed by atoms with Gasteiger partial charge in [0, 0.05) is 32.8 Å². The molecular formula is C14H23ClN2O3. The third kappa shape index (κ3) is 6.23. The largest absolute Gasteiger partial charge is 0.496 e. The van der Waals surface area contributed by atoms with Crippen LogP contribution in [0.15, 0.2) is 24.3 Å². The highest BCUT2D eigenvalue weighted by Crippen LogP contribution is 2.18. The Morgan fingerprint density at radius 3 is 2.65 bits per heavy atom. The first-order chi connectivity index (χ1) is 9.19. The van der Waals surface area contributed by atoms with Gasteiger partial charge in [-0.25, -0.2) is 0 Å². The lowest BCUT2D eigenvalue weighted by molar-refractivity contribution is -0.129. The van der Waals surface area contributed by atoms with E-state index in [4.69, 9.17) is 9.47 Å². The van der Waals surface area contributed by atoms with Gasteiger partial charge in [-0.1, -0.05) is 18.2 Å². The van der Waals surface area contributed by atoms with Crippen molar-refractivity contribution in [3.63, 3.8) is 0 Å². The Kier molecular flexibility index (Phi) is 9.80. The summed E-state index contributed by atoms with van der Waals surface area (Å²) in [6.45, 7) is 2.12. The number of carbonyl (C=O) groups excluding carboxylic acids is 1. The molecule has 114 valence electrons. The molecule has 0 aliphatic heterocycles. The molecule has 1 rings (SSSR count). The number of nitrogens with zero attached hydrogens (tertiary/aromatic N) is 1. The fourth-order valence-corrected chi connectivity index (χ4v) is 1.68. The zero-order chi connectivity index (χ0) is 14.1. The molecule has 0 aliphatic rings. The molecule has 5 nitrogen and oxygen atoms in total. The van der Waals surface area contributed by atoms with Gasteiger partial charge in [-0.15, -0.1) is 12.4 Å². The van der Waals surface area contributed by atoms with E-state index in [0.29, 0.717) is 26.2 Å². The van der Waals surface area contributed by atoms with Crippen molar-refractivity contribution in [3.8, 4) is 5.75 Å². The molecule has 0 spiro atoms. The van der Waals surface area contributed by atoms with Gasteiger partial charge in [0.25, 0.3) is 0 Å². The normalized spacial score (nSPS) is 9.75. The predicted octanol–water partition coefficient (Wildman–Crippen LogP) is 1.31. The quantitative estimate of drug-likeness (QED) is 0.736. The maximum absolute atomic E-state index is 11.9. The van der Waals surface area contributed by atoms with E-state index >= 15 is 0 Å². The highest BCUT2D eigenvalue weighted by atomic mass is 35.5. The maximum atomic E-state index is 11.9. The van der Waals surface area contributed by atoms with E-state index in [1.54, 1.807) is 26.2 Å². The lowest BCUT2D eigenvalue weighted by atomic mass is 10.2. The van der Waals surface area contributed by atoms with Crippen molar-refractivity contribution < 1.29 is 14.3 Å². The number of likely N-dealkylation sites (N-methyl/N-ethyl adjacent to an activating group) is 1. The number of hydrogen-bond acceptors (Lipinski definition) is 4. The summed E-state index contributed by atoms with van der Waals surface area (Å²) in [6, 6.07) is 7.70. The van der Waals surface area contributed by atoms with Crippen molar-refractivity contribution >= 4 is 18.3 Å². The van der Waals surface area contributed by atoms with Gasteiger partial charge >= 0.3 is 0 Å². The molecule has 0 radical (unpaired) electrons. The van der Waals surface area contributed by atoms with Gasteiger partial charge in [0.2, 0.25) is 5.91 Å². The van der Waals surface area contributed by atoms with Gasteiger partial charge in [0.15, 0.2) is 0 Å². The summed E-state index contributed by atoms with van der Waals surface area (Å²) in [5.74, 6) is 0.844. The van der Waals surface area contributed by atoms with Crippen LogP contribution < -0.4 is 10.1 Å². The Balaban J connectivity index is 0.00000361. The van der Waals surface area contributed by atoms with Crippen molar-refractivity contribution in [2.24, 2.45) is 0 Å². The fraction of sp³-hybridized carbons (Fsp3) is 0.500. The smallest absolute Gasteiger partial charge is 0.236 e. The zero-order valence-electron chi connectivity index (χ0n) is 12.2. The number of methoxy groups -OCH3 is 2.